The Balaban J connectivity index is 1.21. The fraction of sp³-hybridized carbons (Fsp3) is 0.192. The van der Waals surface area contributed by atoms with Crippen molar-refractivity contribution in [3.63, 3.8) is 0 Å². The van der Waals surface area contributed by atoms with E-state index in [2.05, 4.69) is 47.3 Å². The zero-order chi connectivity index (χ0) is 24.7. The molecule has 0 saturated heterocycles. The van der Waals surface area contributed by atoms with E-state index in [4.69, 9.17) is 5.73 Å². The van der Waals surface area contributed by atoms with Gasteiger partial charge >= 0.3 is 0 Å². The van der Waals surface area contributed by atoms with Crippen LogP contribution in [0.4, 0.5) is 10.2 Å². The molecule has 10 heteroatoms. The van der Waals surface area contributed by atoms with Gasteiger partial charge in [0.25, 0.3) is 0 Å². The van der Waals surface area contributed by atoms with Crippen LogP contribution < -0.4 is 10.6 Å². The average Bonchev–Trinajstić information content (AvgIpc) is 3.59. The highest BCUT2D eigenvalue weighted by Gasteiger charge is 2.25. The lowest BCUT2D eigenvalue weighted by atomic mass is 9.87. The Labute approximate surface area is 206 Å². The van der Waals surface area contributed by atoms with Gasteiger partial charge in [0.1, 0.15) is 17.7 Å². The van der Waals surface area contributed by atoms with Crippen LogP contribution in [0.5, 0.6) is 0 Å². The molecule has 5 aromatic rings. The van der Waals surface area contributed by atoms with Crippen molar-refractivity contribution in [2.75, 3.05) is 18.0 Å². The highest BCUT2D eigenvalue weighted by molar-refractivity contribution is 5.78. The highest BCUT2D eigenvalue weighted by atomic mass is 19.1. The number of rotatable bonds is 5. The number of anilines is 1. The number of nitrogens with zero attached hydrogens (tertiary/aromatic N) is 7. The Bertz CT molecular complexity index is 1540. The molecule has 0 amide bonds. The molecule has 3 N–H and O–H groups in total. The first-order valence-corrected chi connectivity index (χ1v) is 11.6. The largest absolute Gasteiger partial charge is 0.351 e. The number of hydrogen-bond acceptors (Lipinski definition) is 7. The summed E-state index contributed by atoms with van der Waals surface area (Å²) in [6.07, 6.45) is 13.6. The summed E-state index contributed by atoms with van der Waals surface area (Å²) in [5.74, 6) is 1.27. The monoisotopic (exact) mass is 481 g/mol. The van der Waals surface area contributed by atoms with Crippen molar-refractivity contribution in [1.29, 1.82) is 0 Å². The van der Waals surface area contributed by atoms with Gasteiger partial charge in [-0.05, 0) is 42.7 Å². The number of hydrogen-bond donors (Lipinski definition) is 2. The quantitative estimate of drug-likeness (QED) is 0.394. The van der Waals surface area contributed by atoms with Gasteiger partial charge in [-0.15, -0.1) is 0 Å². The summed E-state index contributed by atoms with van der Waals surface area (Å²) in [6, 6.07) is 8.27. The maximum absolute atomic E-state index is 13.3. The standard InChI is InChI=1S/C26H24FN9/c1-26(28,20-2-4-22(27)5-3-20)21-13-29-24(30-14-21)17-6-8-35(9-7-17)25-23-10-18(19-11-32-33-12-19)15-36(23)34-16-31-25/h2-6,10-16H,7-9,28H2,1H3,(H,32,33). The molecule has 6 rings (SSSR count). The van der Waals surface area contributed by atoms with E-state index in [1.807, 2.05) is 23.8 Å². The molecule has 180 valence electrons. The Morgan fingerprint density at radius 2 is 1.83 bits per heavy atom. The normalized spacial score (nSPS) is 15.6. The molecule has 36 heavy (non-hydrogen) atoms. The van der Waals surface area contributed by atoms with Gasteiger partial charge in [0.2, 0.25) is 0 Å². The fourth-order valence-electron chi connectivity index (χ4n) is 4.52. The molecule has 0 fully saturated rings. The van der Waals surface area contributed by atoms with Crippen LogP contribution in [0.25, 0.3) is 22.2 Å². The van der Waals surface area contributed by atoms with E-state index in [9.17, 15) is 4.39 Å². The van der Waals surface area contributed by atoms with Gasteiger partial charge in [0, 0.05) is 54.6 Å². The van der Waals surface area contributed by atoms with Gasteiger partial charge < -0.3 is 10.6 Å². The summed E-state index contributed by atoms with van der Waals surface area (Å²) < 4.78 is 15.2. The first kappa shape index (κ1) is 22.1. The van der Waals surface area contributed by atoms with Crippen LogP contribution >= 0.6 is 0 Å². The summed E-state index contributed by atoms with van der Waals surface area (Å²) in [5.41, 5.74) is 11.3. The number of benzene rings is 1. The van der Waals surface area contributed by atoms with Gasteiger partial charge in [-0.25, -0.2) is 23.9 Å². The maximum atomic E-state index is 13.3. The number of H-pyrrole nitrogens is 1. The van der Waals surface area contributed by atoms with Crippen LogP contribution in [0.2, 0.25) is 0 Å². The molecule has 1 aromatic carbocycles. The lowest BCUT2D eigenvalue weighted by molar-refractivity contribution is 0.588. The van der Waals surface area contributed by atoms with Crippen molar-refractivity contribution < 1.29 is 4.39 Å². The Morgan fingerprint density at radius 1 is 1.03 bits per heavy atom. The van der Waals surface area contributed by atoms with Crippen molar-refractivity contribution in [3.05, 3.63) is 96.5 Å². The van der Waals surface area contributed by atoms with E-state index in [1.165, 1.54) is 12.1 Å². The molecule has 1 aliphatic heterocycles. The molecule has 1 unspecified atom stereocenters. The summed E-state index contributed by atoms with van der Waals surface area (Å²) in [5, 5.41) is 11.2. The minimum atomic E-state index is -0.825. The number of aromatic nitrogens is 7. The molecule has 0 bridgehead atoms. The predicted molar refractivity (Wildman–Crippen MR) is 134 cm³/mol. The summed E-state index contributed by atoms with van der Waals surface area (Å²) in [4.78, 5) is 16.0. The van der Waals surface area contributed by atoms with Crippen LogP contribution in [-0.4, -0.2) is 47.9 Å². The first-order valence-electron chi connectivity index (χ1n) is 11.6. The third kappa shape index (κ3) is 3.91. The summed E-state index contributed by atoms with van der Waals surface area (Å²) in [6.45, 7) is 3.34. The van der Waals surface area contributed by atoms with Crippen molar-refractivity contribution >= 4 is 16.9 Å². The van der Waals surface area contributed by atoms with E-state index in [-0.39, 0.29) is 5.82 Å². The Morgan fingerprint density at radius 3 is 2.53 bits per heavy atom. The SMILES string of the molecule is CC(N)(c1ccc(F)cc1)c1cnc(C2=CCN(c3ncnn4cc(-c5cn[nH]c5)cc34)CC2)nc1. The molecule has 4 aromatic heterocycles. The number of fused-ring (bicyclic) bond motifs is 1. The van der Waals surface area contributed by atoms with Gasteiger partial charge in [-0.3, -0.25) is 5.10 Å². The Hall–Kier alpha value is -4.44. The van der Waals surface area contributed by atoms with Gasteiger partial charge in [-0.1, -0.05) is 18.2 Å². The predicted octanol–water partition coefficient (Wildman–Crippen LogP) is 3.56. The van der Waals surface area contributed by atoms with Crippen LogP contribution in [0.1, 0.15) is 30.3 Å². The number of aromatic amines is 1. The van der Waals surface area contributed by atoms with Crippen molar-refractivity contribution in [2.24, 2.45) is 5.73 Å². The second-order valence-electron chi connectivity index (χ2n) is 9.06. The number of halogens is 1. The second kappa shape index (κ2) is 8.65. The fourth-order valence-corrected chi connectivity index (χ4v) is 4.52. The smallest absolute Gasteiger partial charge is 0.156 e. The second-order valence-corrected chi connectivity index (χ2v) is 9.06. The van der Waals surface area contributed by atoms with Crippen molar-refractivity contribution in [2.45, 2.75) is 18.9 Å². The highest BCUT2D eigenvalue weighted by Crippen LogP contribution is 2.30. The maximum Gasteiger partial charge on any atom is 0.156 e. The van der Waals surface area contributed by atoms with Gasteiger partial charge in [-0.2, -0.15) is 10.2 Å². The van der Waals surface area contributed by atoms with Gasteiger partial charge in [0.05, 0.1) is 11.7 Å². The minimum absolute atomic E-state index is 0.294. The van der Waals surface area contributed by atoms with E-state index < -0.39 is 5.54 Å². The van der Waals surface area contributed by atoms with Gasteiger partial charge in [0.15, 0.2) is 11.6 Å². The molecular weight excluding hydrogens is 457 g/mol. The molecule has 1 atom stereocenters. The number of nitrogens with one attached hydrogen (secondary N) is 1. The first-order chi connectivity index (χ1) is 17.5. The molecule has 1 aliphatic rings. The van der Waals surface area contributed by atoms with Crippen LogP contribution in [-0.2, 0) is 5.54 Å². The summed E-state index contributed by atoms with van der Waals surface area (Å²) >= 11 is 0. The van der Waals surface area contributed by atoms with E-state index in [0.29, 0.717) is 12.4 Å². The minimum Gasteiger partial charge on any atom is -0.351 e. The molecule has 0 spiro atoms. The third-order valence-corrected chi connectivity index (χ3v) is 6.71. The summed E-state index contributed by atoms with van der Waals surface area (Å²) in [7, 11) is 0. The van der Waals surface area contributed by atoms with E-state index >= 15 is 0 Å². The lowest BCUT2D eigenvalue weighted by Crippen LogP contribution is -2.34. The van der Waals surface area contributed by atoms with Crippen molar-refractivity contribution in [3.8, 4) is 11.1 Å². The third-order valence-electron chi connectivity index (χ3n) is 6.71. The van der Waals surface area contributed by atoms with E-state index in [1.54, 1.807) is 37.1 Å². The van der Waals surface area contributed by atoms with Crippen LogP contribution in [0.15, 0.2) is 73.7 Å². The molecule has 0 radical (unpaired) electrons. The Kier molecular flexibility index (Phi) is 5.30. The topological polar surface area (TPSA) is 114 Å². The zero-order valence-electron chi connectivity index (χ0n) is 19.6. The molecule has 9 nitrogen and oxygen atoms in total. The molecule has 0 aliphatic carbocycles. The molecule has 5 heterocycles. The zero-order valence-corrected chi connectivity index (χ0v) is 19.6. The average molecular weight is 482 g/mol. The molecule has 0 saturated carbocycles. The van der Waals surface area contributed by atoms with Crippen LogP contribution in [0, 0.1) is 5.82 Å². The molecular formula is C26H24FN9. The number of nitrogens with two attached hydrogens (primary N) is 1. The lowest BCUT2D eigenvalue weighted by Gasteiger charge is -2.28. The van der Waals surface area contributed by atoms with Crippen molar-refractivity contribution in [1.82, 2.24) is 34.8 Å². The van der Waals surface area contributed by atoms with E-state index in [0.717, 1.165) is 52.1 Å². The van der Waals surface area contributed by atoms with Crippen LogP contribution in [0.3, 0.4) is 0 Å².